The van der Waals surface area contributed by atoms with Gasteiger partial charge in [0.1, 0.15) is 6.04 Å². The first-order valence-electron chi connectivity index (χ1n) is 11.1. The zero-order chi connectivity index (χ0) is 20.6. The number of unbranched alkanes of at least 4 members (excludes halogenated alkanes) is 13. The van der Waals surface area contributed by atoms with Gasteiger partial charge in [0.15, 0.2) is 0 Å². The second-order valence-electron chi connectivity index (χ2n) is 7.09. The molecule has 0 rings (SSSR count). The Bertz CT molecular complexity index is 309. The average molecular weight is 387 g/mol. The Labute approximate surface area is 167 Å². The van der Waals surface area contributed by atoms with E-state index in [9.17, 15) is 4.79 Å². The van der Waals surface area contributed by atoms with Crippen LogP contribution in [0.3, 0.4) is 0 Å². The minimum Gasteiger partial charge on any atom is -0.500 e. The van der Waals surface area contributed by atoms with Gasteiger partial charge in [0, 0.05) is 6.54 Å². The van der Waals surface area contributed by atoms with Gasteiger partial charge in [-0.25, -0.2) is 0 Å². The van der Waals surface area contributed by atoms with Crippen LogP contribution in [0.1, 0.15) is 104 Å². The Morgan fingerprint density at radius 3 is 1.52 bits per heavy atom. The maximum absolute atomic E-state index is 10.1. The van der Waals surface area contributed by atoms with Crippen LogP contribution in [-0.2, 0) is 9.53 Å². The first-order chi connectivity index (χ1) is 13.1. The van der Waals surface area contributed by atoms with E-state index in [1.807, 2.05) is 0 Å². The first kappa shape index (κ1) is 28.1. The van der Waals surface area contributed by atoms with Gasteiger partial charge >= 0.3 is 5.97 Å². The quantitative estimate of drug-likeness (QED) is 0.217. The van der Waals surface area contributed by atoms with Crippen molar-refractivity contribution in [3.8, 4) is 0 Å². The maximum atomic E-state index is 10.1. The summed E-state index contributed by atoms with van der Waals surface area (Å²) in [6.07, 6.45) is 22.9. The molecule has 27 heavy (non-hydrogen) atoms. The van der Waals surface area contributed by atoms with Gasteiger partial charge in [-0.3, -0.25) is 4.79 Å². The standard InChI is InChI=1S/C16H34.C6H12N2O3/c1-3-5-7-9-11-13-15-16-14-12-10-8-6-4-2;7-2-4-11-3-1-5(8)6(9)10/h3-16H2,1-2H3;1,3,5H,2,4,7-8H2,(H,9,10)/b;3-1+/t;5-/m.0/s1. The molecule has 0 aromatic heterocycles. The predicted molar refractivity (Wildman–Crippen MR) is 116 cm³/mol. The minimum atomic E-state index is -1.09. The van der Waals surface area contributed by atoms with Gasteiger partial charge in [0.2, 0.25) is 0 Å². The van der Waals surface area contributed by atoms with E-state index in [0.717, 1.165) is 0 Å². The fraction of sp³-hybridized carbons (Fsp3) is 0.864. The summed E-state index contributed by atoms with van der Waals surface area (Å²) in [5, 5.41) is 8.28. The summed E-state index contributed by atoms with van der Waals surface area (Å²) >= 11 is 0. The number of rotatable bonds is 18. The van der Waals surface area contributed by atoms with Crippen LogP contribution >= 0.6 is 0 Å². The van der Waals surface area contributed by atoms with Crippen LogP contribution in [0.2, 0.25) is 0 Å². The van der Waals surface area contributed by atoms with E-state index in [-0.39, 0.29) is 0 Å². The number of nitrogens with two attached hydrogens (primary N) is 2. The molecule has 0 fully saturated rings. The fourth-order valence-electron chi connectivity index (χ4n) is 2.63. The molecule has 5 heteroatoms. The molecule has 0 aliphatic rings. The molecule has 5 nitrogen and oxygen atoms in total. The molecule has 0 unspecified atom stereocenters. The third-order valence-electron chi connectivity index (χ3n) is 4.36. The van der Waals surface area contributed by atoms with Crippen molar-refractivity contribution in [3.63, 3.8) is 0 Å². The van der Waals surface area contributed by atoms with Crippen molar-refractivity contribution >= 4 is 5.97 Å². The molecule has 1 atom stereocenters. The number of hydrogen-bond acceptors (Lipinski definition) is 4. The van der Waals surface area contributed by atoms with Crippen molar-refractivity contribution < 1.29 is 14.6 Å². The van der Waals surface area contributed by atoms with Gasteiger partial charge in [0.25, 0.3) is 0 Å². The van der Waals surface area contributed by atoms with Crippen LogP contribution in [0.4, 0.5) is 0 Å². The Balaban J connectivity index is 0. The summed E-state index contributed by atoms with van der Waals surface area (Å²) in [6.45, 7) is 5.34. The van der Waals surface area contributed by atoms with E-state index in [1.165, 1.54) is 102 Å². The van der Waals surface area contributed by atoms with E-state index in [2.05, 4.69) is 13.8 Å². The molecule has 0 saturated heterocycles. The number of hydrogen-bond donors (Lipinski definition) is 3. The molecule has 0 aliphatic heterocycles. The molecule has 0 bridgehead atoms. The lowest BCUT2D eigenvalue weighted by molar-refractivity contribution is -0.137. The number of carboxylic acid groups (broad SMARTS) is 1. The van der Waals surface area contributed by atoms with Crippen LogP contribution in [0.15, 0.2) is 12.3 Å². The molecule has 0 amide bonds. The van der Waals surface area contributed by atoms with E-state index in [4.69, 9.17) is 21.3 Å². The van der Waals surface area contributed by atoms with Crippen molar-refractivity contribution in [2.45, 2.75) is 110 Å². The molecule has 0 radical (unpaired) electrons. The number of aliphatic carboxylic acids is 1. The van der Waals surface area contributed by atoms with Crippen LogP contribution in [0.25, 0.3) is 0 Å². The summed E-state index contributed by atoms with van der Waals surface area (Å²) in [5.41, 5.74) is 10.2. The number of carboxylic acids is 1. The molecule has 0 aliphatic carbocycles. The van der Waals surface area contributed by atoms with E-state index < -0.39 is 12.0 Å². The Hall–Kier alpha value is -1.07. The minimum absolute atomic E-state index is 0.364. The number of ether oxygens (including phenoxy) is 1. The summed E-state index contributed by atoms with van der Waals surface area (Å²) in [6, 6.07) is -1.01. The highest BCUT2D eigenvalue weighted by atomic mass is 16.5. The normalized spacial score (nSPS) is 11.9. The Morgan fingerprint density at radius 2 is 1.22 bits per heavy atom. The van der Waals surface area contributed by atoms with Gasteiger partial charge in [-0.1, -0.05) is 104 Å². The second-order valence-corrected chi connectivity index (χ2v) is 7.09. The highest BCUT2D eigenvalue weighted by Crippen LogP contribution is 2.12. The Morgan fingerprint density at radius 1 is 0.852 bits per heavy atom. The third kappa shape index (κ3) is 27.3. The monoisotopic (exact) mass is 386 g/mol. The molecule has 162 valence electrons. The van der Waals surface area contributed by atoms with Crippen molar-refractivity contribution in [1.29, 1.82) is 0 Å². The van der Waals surface area contributed by atoms with Crippen LogP contribution in [0, 0.1) is 0 Å². The van der Waals surface area contributed by atoms with Gasteiger partial charge < -0.3 is 21.3 Å². The molecular weight excluding hydrogens is 340 g/mol. The predicted octanol–water partition coefficient (Wildman–Crippen LogP) is 5.37. The van der Waals surface area contributed by atoms with Gasteiger partial charge in [-0.2, -0.15) is 0 Å². The van der Waals surface area contributed by atoms with Crippen LogP contribution < -0.4 is 11.5 Å². The zero-order valence-electron chi connectivity index (χ0n) is 18.0. The van der Waals surface area contributed by atoms with E-state index >= 15 is 0 Å². The lowest BCUT2D eigenvalue weighted by atomic mass is 10.0. The SMILES string of the molecule is CCCCCCCCCCCCCCCC.NCCO/C=C/[C@H](N)C(=O)O. The molecule has 5 N–H and O–H groups in total. The molecular formula is C22H46N2O3. The molecule has 0 saturated carbocycles. The molecule has 0 aromatic carbocycles. The van der Waals surface area contributed by atoms with Gasteiger partial charge in [0.05, 0.1) is 12.9 Å². The highest BCUT2D eigenvalue weighted by molar-refractivity contribution is 5.75. The van der Waals surface area contributed by atoms with E-state index in [1.54, 1.807) is 0 Å². The van der Waals surface area contributed by atoms with Crippen LogP contribution in [0.5, 0.6) is 0 Å². The third-order valence-corrected chi connectivity index (χ3v) is 4.36. The largest absolute Gasteiger partial charge is 0.500 e. The van der Waals surface area contributed by atoms with E-state index in [0.29, 0.717) is 13.2 Å². The molecule has 0 aromatic rings. The maximum Gasteiger partial charge on any atom is 0.324 e. The smallest absolute Gasteiger partial charge is 0.324 e. The van der Waals surface area contributed by atoms with Crippen LogP contribution in [-0.4, -0.2) is 30.3 Å². The molecule has 0 heterocycles. The lowest BCUT2D eigenvalue weighted by Gasteiger charge is -2.02. The lowest BCUT2D eigenvalue weighted by Crippen LogP contribution is -2.27. The van der Waals surface area contributed by atoms with Gasteiger partial charge in [-0.05, 0) is 6.08 Å². The van der Waals surface area contributed by atoms with Crippen molar-refractivity contribution in [2.75, 3.05) is 13.2 Å². The molecule has 0 spiro atoms. The Kier molecular flexibility index (Phi) is 26.0. The fourth-order valence-corrected chi connectivity index (χ4v) is 2.63. The summed E-state index contributed by atoms with van der Waals surface area (Å²) < 4.78 is 4.75. The summed E-state index contributed by atoms with van der Waals surface area (Å²) in [4.78, 5) is 10.1. The highest BCUT2D eigenvalue weighted by Gasteiger charge is 2.05. The topological polar surface area (TPSA) is 98.6 Å². The first-order valence-corrected chi connectivity index (χ1v) is 11.1. The van der Waals surface area contributed by atoms with Crippen molar-refractivity contribution in [3.05, 3.63) is 12.3 Å². The van der Waals surface area contributed by atoms with Crippen molar-refractivity contribution in [1.82, 2.24) is 0 Å². The average Bonchev–Trinajstić information content (AvgIpc) is 2.66. The van der Waals surface area contributed by atoms with Crippen molar-refractivity contribution in [2.24, 2.45) is 11.5 Å². The zero-order valence-corrected chi connectivity index (χ0v) is 18.0. The summed E-state index contributed by atoms with van der Waals surface area (Å²) in [7, 11) is 0. The van der Waals surface area contributed by atoms with Gasteiger partial charge in [-0.15, -0.1) is 0 Å². The second kappa shape index (κ2) is 24.9. The number of carbonyl (C=O) groups is 1. The summed E-state index contributed by atoms with van der Waals surface area (Å²) in [5.74, 6) is -1.09.